The first-order chi connectivity index (χ1) is 13.5. The van der Waals surface area contributed by atoms with Gasteiger partial charge in [0.1, 0.15) is 16.9 Å². The molecule has 2 aliphatic rings. The zero-order valence-corrected chi connectivity index (χ0v) is 16.8. The molecule has 6 heteroatoms. The zero-order valence-electron chi connectivity index (χ0n) is 16.8. The molecule has 0 unspecified atom stereocenters. The number of benzene rings is 1. The summed E-state index contributed by atoms with van der Waals surface area (Å²) in [7, 11) is 0. The molecule has 4 rings (SSSR count). The highest BCUT2D eigenvalue weighted by Crippen LogP contribution is 2.37. The Kier molecular flexibility index (Phi) is 5.15. The van der Waals surface area contributed by atoms with Crippen LogP contribution in [0.2, 0.25) is 0 Å². The minimum absolute atomic E-state index is 0.138. The number of aryl methyl sites for hydroxylation is 2. The number of nitrogens with one attached hydrogen (secondary N) is 1. The third-order valence-corrected chi connectivity index (χ3v) is 5.69. The van der Waals surface area contributed by atoms with Crippen LogP contribution in [0.15, 0.2) is 21.7 Å². The van der Waals surface area contributed by atoms with E-state index in [0.717, 1.165) is 60.8 Å². The number of ether oxygens (including phenoxy) is 1. The SMILES string of the molecule is CC1(C)CCc2cc3c4c(c(=NNC(=O)CCCN)oc3cc2O1)CCCC4. The average Bonchev–Trinajstić information content (AvgIpc) is 2.68. The first-order valence-corrected chi connectivity index (χ1v) is 10.3. The molecule has 0 bridgehead atoms. The van der Waals surface area contributed by atoms with Crippen molar-refractivity contribution in [1.82, 2.24) is 5.43 Å². The lowest BCUT2D eigenvalue weighted by atomic mass is 9.88. The molecule has 0 radical (unpaired) electrons. The summed E-state index contributed by atoms with van der Waals surface area (Å²) in [5.41, 5.74) is 12.9. The molecule has 1 aromatic carbocycles. The standard InChI is InChI=1S/C22H29N3O3/c1-22(2)10-9-14-12-17-15-6-3-4-7-16(15)21(25-24-20(26)8-5-11-23)27-19(17)13-18(14)28-22/h12-13H,3-11,23H2,1-2H3,(H,24,26). The predicted octanol–water partition coefficient (Wildman–Crippen LogP) is 3.09. The summed E-state index contributed by atoms with van der Waals surface area (Å²) in [6.07, 6.45) is 7.24. The van der Waals surface area contributed by atoms with Crippen molar-refractivity contribution in [2.75, 3.05) is 6.54 Å². The molecule has 1 aliphatic heterocycles. The molecule has 0 atom stereocenters. The summed E-state index contributed by atoms with van der Waals surface area (Å²) in [5, 5.41) is 5.47. The summed E-state index contributed by atoms with van der Waals surface area (Å²) < 4.78 is 12.3. The van der Waals surface area contributed by atoms with Gasteiger partial charge in [-0.05, 0) is 82.5 Å². The van der Waals surface area contributed by atoms with Gasteiger partial charge in [-0.1, -0.05) is 0 Å². The van der Waals surface area contributed by atoms with Gasteiger partial charge in [0.2, 0.25) is 11.5 Å². The maximum absolute atomic E-state index is 11.9. The topological polar surface area (TPSA) is 89.9 Å². The predicted molar refractivity (Wildman–Crippen MR) is 108 cm³/mol. The minimum Gasteiger partial charge on any atom is -0.487 e. The van der Waals surface area contributed by atoms with E-state index in [1.165, 1.54) is 11.1 Å². The fraction of sp³-hybridized carbons (Fsp3) is 0.545. The van der Waals surface area contributed by atoms with Gasteiger partial charge in [-0.25, -0.2) is 5.43 Å². The lowest BCUT2D eigenvalue weighted by Gasteiger charge is -2.33. The highest BCUT2D eigenvalue weighted by atomic mass is 16.5. The molecule has 6 nitrogen and oxygen atoms in total. The van der Waals surface area contributed by atoms with Crippen molar-refractivity contribution in [3.8, 4) is 5.75 Å². The van der Waals surface area contributed by atoms with Crippen molar-refractivity contribution >= 4 is 16.9 Å². The summed E-state index contributed by atoms with van der Waals surface area (Å²) in [5.74, 6) is 0.752. The van der Waals surface area contributed by atoms with Gasteiger partial charge in [-0.2, -0.15) is 0 Å². The zero-order chi connectivity index (χ0) is 19.7. The summed E-state index contributed by atoms with van der Waals surface area (Å²) in [6.45, 7) is 4.72. The van der Waals surface area contributed by atoms with Gasteiger partial charge in [0, 0.05) is 23.4 Å². The smallest absolute Gasteiger partial charge is 0.240 e. The van der Waals surface area contributed by atoms with E-state index < -0.39 is 0 Å². The molecule has 0 spiro atoms. The third kappa shape index (κ3) is 3.78. The van der Waals surface area contributed by atoms with Gasteiger partial charge in [0.25, 0.3) is 0 Å². The number of carbonyl (C=O) groups excluding carboxylic acids is 1. The third-order valence-electron chi connectivity index (χ3n) is 5.69. The molecule has 1 aromatic heterocycles. The molecular formula is C22H29N3O3. The monoisotopic (exact) mass is 383 g/mol. The molecule has 2 heterocycles. The van der Waals surface area contributed by atoms with Gasteiger partial charge in [-0.15, -0.1) is 5.10 Å². The lowest BCUT2D eigenvalue weighted by molar-refractivity contribution is -0.121. The molecule has 3 N–H and O–H groups in total. The fourth-order valence-electron chi connectivity index (χ4n) is 4.13. The van der Waals surface area contributed by atoms with E-state index in [9.17, 15) is 4.79 Å². The maximum atomic E-state index is 11.9. The number of fused-ring (bicyclic) bond motifs is 4. The number of hydrogen-bond acceptors (Lipinski definition) is 5. The molecule has 1 amide bonds. The second kappa shape index (κ2) is 7.59. The number of amides is 1. The number of nitrogens with zero attached hydrogens (tertiary/aromatic N) is 1. The Bertz CT molecular complexity index is 975. The van der Waals surface area contributed by atoms with Gasteiger partial charge in [0.05, 0.1) is 0 Å². The highest BCUT2D eigenvalue weighted by molar-refractivity contribution is 5.84. The highest BCUT2D eigenvalue weighted by Gasteiger charge is 2.28. The van der Waals surface area contributed by atoms with Crippen LogP contribution in [0, 0.1) is 0 Å². The number of rotatable bonds is 4. The molecule has 0 saturated carbocycles. The van der Waals surface area contributed by atoms with Gasteiger partial charge >= 0.3 is 0 Å². The van der Waals surface area contributed by atoms with Crippen LogP contribution in [-0.2, 0) is 24.1 Å². The molecular weight excluding hydrogens is 354 g/mol. The van der Waals surface area contributed by atoms with Crippen LogP contribution in [0.5, 0.6) is 5.75 Å². The van der Waals surface area contributed by atoms with Crippen LogP contribution < -0.4 is 21.5 Å². The first kappa shape index (κ1) is 19.0. The number of carbonyl (C=O) groups is 1. The molecule has 0 fully saturated rings. The van der Waals surface area contributed by atoms with E-state index in [2.05, 4.69) is 30.4 Å². The average molecular weight is 383 g/mol. The molecule has 28 heavy (non-hydrogen) atoms. The Morgan fingerprint density at radius 2 is 2.00 bits per heavy atom. The number of nitrogens with two attached hydrogens (primary N) is 1. The van der Waals surface area contributed by atoms with E-state index in [4.69, 9.17) is 14.9 Å². The van der Waals surface area contributed by atoms with Crippen LogP contribution in [0.1, 0.15) is 62.6 Å². The van der Waals surface area contributed by atoms with Gasteiger partial charge < -0.3 is 14.9 Å². The van der Waals surface area contributed by atoms with Crippen molar-refractivity contribution in [2.45, 2.75) is 70.8 Å². The Labute approximate surface area is 165 Å². The molecule has 1 aliphatic carbocycles. The van der Waals surface area contributed by atoms with Gasteiger partial charge in [-0.3, -0.25) is 4.79 Å². The fourth-order valence-corrected chi connectivity index (χ4v) is 4.13. The normalized spacial score (nSPS) is 18.3. The molecule has 0 saturated heterocycles. The first-order valence-electron chi connectivity index (χ1n) is 10.3. The van der Waals surface area contributed by atoms with Crippen LogP contribution in [0.3, 0.4) is 0 Å². The van der Waals surface area contributed by atoms with Crippen LogP contribution in [0.4, 0.5) is 0 Å². The van der Waals surface area contributed by atoms with E-state index >= 15 is 0 Å². The largest absolute Gasteiger partial charge is 0.487 e. The van der Waals surface area contributed by atoms with E-state index in [-0.39, 0.29) is 11.5 Å². The van der Waals surface area contributed by atoms with Crippen molar-refractivity contribution in [3.63, 3.8) is 0 Å². The lowest BCUT2D eigenvalue weighted by Crippen LogP contribution is -2.32. The van der Waals surface area contributed by atoms with E-state index in [1.807, 2.05) is 6.07 Å². The van der Waals surface area contributed by atoms with Gasteiger partial charge in [0.15, 0.2) is 0 Å². The Hall–Kier alpha value is -2.34. The van der Waals surface area contributed by atoms with Crippen LogP contribution in [0.25, 0.3) is 11.0 Å². The summed E-state index contributed by atoms with van der Waals surface area (Å²) in [4.78, 5) is 11.9. The Morgan fingerprint density at radius 1 is 1.21 bits per heavy atom. The van der Waals surface area contributed by atoms with Crippen LogP contribution >= 0.6 is 0 Å². The van der Waals surface area contributed by atoms with E-state index in [0.29, 0.717) is 24.9 Å². The summed E-state index contributed by atoms with van der Waals surface area (Å²) >= 11 is 0. The quantitative estimate of drug-likeness (QED) is 0.794. The second-order valence-electron chi connectivity index (χ2n) is 8.43. The second-order valence-corrected chi connectivity index (χ2v) is 8.43. The Morgan fingerprint density at radius 3 is 2.79 bits per heavy atom. The van der Waals surface area contributed by atoms with Crippen molar-refractivity contribution in [1.29, 1.82) is 0 Å². The Balaban J connectivity index is 1.79. The van der Waals surface area contributed by atoms with Crippen molar-refractivity contribution in [3.05, 3.63) is 34.4 Å². The maximum Gasteiger partial charge on any atom is 0.240 e. The van der Waals surface area contributed by atoms with Crippen LogP contribution in [-0.4, -0.2) is 18.1 Å². The summed E-state index contributed by atoms with van der Waals surface area (Å²) in [6, 6.07) is 4.23. The minimum atomic E-state index is -0.168. The van der Waals surface area contributed by atoms with Crippen molar-refractivity contribution < 1.29 is 13.9 Å². The van der Waals surface area contributed by atoms with Crippen molar-refractivity contribution in [2.24, 2.45) is 10.8 Å². The molecule has 2 aromatic rings. The number of hydrogen-bond donors (Lipinski definition) is 2. The molecule has 150 valence electrons. The van der Waals surface area contributed by atoms with E-state index in [1.54, 1.807) is 0 Å².